The third-order valence-electron chi connectivity index (χ3n) is 1.97. The van der Waals surface area contributed by atoms with Crippen LogP contribution in [-0.4, -0.2) is 12.7 Å². The van der Waals surface area contributed by atoms with E-state index < -0.39 is 0 Å². The Morgan fingerprint density at radius 1 is 1.47 bits per heavy atom. The summed E-state index contributed by atoms with van der Waals surface area (Å²) < 4.78 is 7.74. The summed E-state index contributed by atoms with van der Waals surface area (Å²) in [4.78, 5) is 0. The molecule has 84 valence electrons. The third kappa shape index (κ3) is 4.38. The topological polar surface area (TPSA) is 35.2 Å². The molecule has 4 heteroatoms. The van der Waals surface area contributed by atoms with Crippen molar-refractivity contribution in [2.24, 2.45) is 5.73 Å². The number of hydrogen-bond acceptors (Lipinski definition) is 2. The quantitative estimate of drug-likeness (QED) is 0.808. The Kier molecular flexibility index (Phi) is 5.52. The van der Waals surface area contributed by atoms with Crippen molar-refractivity contribution in [3.63, 3.8) is 0 Å². The van der Waals surface area contributed by atoms with Gasteiger partial charge in [-0.15, -0.1) is 0 Å². The van der Waals surface area contributed by atoms with Crippen LogP contribution in [0, 0.1) is 3.57 Å². The second-order valence-electron chi connectivity index (χ2n) is 3.65. The van der Waals surface area contributed by atoms with E-state index in [1.54, 1.807) is 0 Å². The van der Waals surface area contributed by atoms with Gasteiger partial charge in [-0.1, -0.05) is 15.9 Å². The summed E-state index contributed by atoms with van der Waals surface area (Å²) in [6.07, 6.45) is 0.223. The molecule has 2 N–H and O–H groups in total. The lowest BCUT2D eigenvalue weighted by Crippen LogP contribution is -2.20. The number of halogens is 2. The lowest BCUT2D eigenvalue weighted by molar-refractivity contribution is 0.0682. The predicted octanol–water partition coefficient (Wildman–Crippen LogP) is 3.48. The van der Waals surface area contributed by atoms with Crippen molar-refractivity contribution in [3.8, 4) is 0 Å². The molecule has 1 atom stereocenters. The molecule has 0 saturated heterocycles. The first-order valence-corrected chi connectivity index (χ1v) is 6.70. The minimum atomic E-state index is -0.0585. The van der Waals surface area contributed by atoms with Crippen LogP contribution in [0.15, 0.2) is 22.7 Å². The van der Waals surface area contributed by atoms with Crippen LogP contribution in [0.5, 0.6) is 0 Å². The van der Waals surface area contributed by atoms with Crippen molar-refractivity contribution in [2.45, 2.75) is 26.0 Å². The van der Waals surface area contributed by atoms with E-state index in [2.05, 4.69) is 50.7 Å². The fraction of sp³-hybridized carbons (Fsp3) is 0.455. The van der Waals surface area contributed by atoms with Crippen LogP contribution in [0.25, 0.3) is 0 Å². The zero-order chi connectivity index (χ0) is 11.4. The molecule has 2 nitrogen and oxygen atoms in total. The summed E-state index contributed by atoms with van der Waals surface area (Å²) in [5.74, 6) is 0. The number of rotatable bonds is 4. The number of hydrogen-bond donors (Lipinski definition) is 1. The molecular formula is C11H15BrINO. The zero-order valence-electron chi connectivity index (χ0n) is 8.84. The van der Waals surface area contributed by atoms with Crippen LogP contribution < -0.4 is 5.73 Å². The molecule has 0 spiro atoms. The van der Waals surface area contributed by atoms with E-state index >= 15 is 0 Å². The Hall–Kier alpha value is 0.350. The van der Waals surface area contributed by atoms with Crippen molar-refractivity contribution in [2.75, 3.05) is 6.61 Å². The van der Waals surface area contributed by atoms with Gasteiger partial charge in [-0.2, -0.15) is 0 Å². The van der Waals surface area contributed by atoms with Crippen molar-refractivity contribution < 1.29 is 4.74 Å². The Bertz CT molecular complexity index is 330. The fourth-order valence-corrected chi connectivity index (χ4v) is 2.30. The van der Waals surface area contributed by atoms with Crippen LogP contribution in [0.4, 0.5) is 0 Å². The average Bonchev–Trinajstić information content (AvgIpc) is 2.18. The summed E-state index contributed by atoms with van der Waals surface area (Å²) in [7, 11) is 0. The highest BCUT2D eigenvalue weighted by Gasteiger charge is 2.11. The highest BCUT2D eigenvalue weighted by Crippen LogP contribution is 2.23. The van der Waals surface area contributed by atoms with Gasteiger partial charge in [0, 0.05) is 8.04 Å². The number of nitrogens with two attached hydrogens (primary N) is 1. The summed E-state index contributed by atoms with van der Waals surface area (Å²) >= 11 is 5.74. The molecule has 0 radical (unpaired) electrons. The van der Waals surface area contributed by atoms with Crippen molar-refractivity contribution in [1.82, 2.24) is 0 Å². The van der Waals surface area contributed by atoms with Crippen LogP contribution in [0.1, 0.15) is 25.5 Å². The lowest BCUT2D eigenvalue weighted by atomic mass is 10.1. The molecule has 0 saturated carbocycles. The third-order valence-corrected chi connectivity index (χ3v) is 3.44. The molecule has 1 rings (SSSR count). The van der Waals surface area contributed by atoms with Crippen molar-refractivity contribution in [1.29, 1.82) is 0 Å². The lowest BCUT2D eigenvalue weighted by Gasteiger charge is -2.16. The predicted molar refractivity (Wildman–Crippen MR) is 74.9 cm³/mol. The van der Waals surface area contributed by atoms with E-state index in [-0.39, 0.29) is 12.1 Å². The van der Waals surface area contributed by atoms with Gasteiger partial charge in [0.05, 0.1) is 18.8 Å². The maximum absolute atomic E-state index is 6.06. The summed E-state index contributed by atoms with van der Waals surface area (Å²) in [6.45, 7) is 4.58. The highest BCUT2D eigenvalue weighted by molar-refractivity contribution is 14.1. The normalized spacial score (nSPS) is 13.2. The first-order valence-electron chi connectivity index (χ1n) is 4.83. The maximum atomic E-state index is 6.06. The number of benzene rings is 1. The molecule has 0 amide bonds. The largest absolute Gasteiger partial charge is 0.377 e. The zero-order valence-corrected chi connectivity index (χ0v) is 12.6. The van der Waals surface area contributed by atoms with Gasteiger partial charge in [-0.25, -0.2) is 0 Å². The Balaban J connectivity index is 2.72. The van der Waals surface area contributed by atoms with Gasteiger partial charge in [-0.3, -0.25) is 0 Å². The molecule has 0 aromatic heterocycles. The minimum Gasteiger partial charge on any atom is -0.377 e. The van der Waals surface area contributed by atoms with Gasteiger partial charge in [-0.05, 0) is 60.2 Å². The Morgan fingerprint density at radius 2 is 2.13 bits per heavy atom. The van der Waals surface area contributed by atoms with E-state index in [0.29, 0.717) is 6.61 Å². The van der Waals surface area contributed by atoms with Crippen LogP contribution >= 0.6 is 38.5 Å². The molecule has 0 aliphatic carbocycles. The van der Waals surface area contributed by atoms with Crippen LogP contribution in [0.3, 0.4) is 0 Å². The van der Waals surface area contributed by atoms with E-state index in [4.69, 9.17) is 10.5 Å². The van der Waals surface area contributed by atoms with Gasteiger partial charge in [0.2, 0.25) is 0 Å². The first-order chi connectivity index (χ1) is 7.00. The fourth-order valence-electron chi connectivity index (χ4n) is 1.18. The van der Waals surface area contributed by atoms with Gasteiger partial charge in [0.15, 0.2) is 0 Å². The first kappa shape index (κ1) is 13.4. The minimum absolute atomic E-state index is 0.0585. The number of ether oxygens (including phenoxy) is 1. The summed E-state index contributed by atoms with van der Waals surface area (Å²) in [5, 5.41) is 0. The van der Waals surface area contributed by atoms with Crippen LogP contribution in [0.2, 0.25) is 0 Å². The Labute approximate surface area is 113 Å². The van der Waals surface area contributed by atoms with Gasteiger partial charge >= 0.3 is 0 Å². The maximum Gasteiger partial charge on any atom is 0.0663 e. The van der Waals surface area contributed by atoms with Crippen LogP contribution in [-0.2, 0) is 4.74 Å². The SMILES string of the molecule is CC(C)OCC(N)c1cc(Br)ccc1I. The van der Waals surface area contributed by atoms with Gasteiger partial charge < -0.3 is 10.5 Å². The molecule has 1 unspecified atom stereocenters. The van der Waals surface area contributed by atoms with E-state index in [0.717, 1.165) is 10.0 Å². The standard InChI is InChI=1S/C11H15BrINO/c1-7(2)15-6-11(14)9-5-8(12)3-4-10(9)13/h3-5,7,11H,6,14H2,1-2H3. The van der Waals surface area contributed by atoms with E-state index in [1.807, 2.05) is 19.9 Å². The van der Waals surface area contributed by atoms with E-state index in [9.17, 15) is 0 Å². The summed E-state index contributed by atoms with van der Waals surface area (Å²) in [5.41, 5.74) is 7.19. The molecule has 0 aliphatic heterocycles. The van der Waals surface area contributed by atoms with E-state index in [1.165, 1.54) is 3.57 Å². The molecular weight excluding hydrogens is 369 g/mol. The van der Waals surface area contributed by atoms with Gasteiger partial charge in [0.25, 0.3) is 0 Å². The molecule has 1 aromatic rings. The second-order valence-corrected chi connectivity index (χ2v) is 5.73. The molecule has 0 bridgehead atoms. The molecule has 15 heavy (non-hydrogen) atoms. The van der Waals surface area contributed by atoms with Gasteiger partial charge in [0.1, 0.15) is 0 Å². The molecule has 0 heterocycles. The Morgan fingerprint density at radius 3 is 2.73 bits per heavy atom. The monoisotopic (exact) mass is 383 g/mol. The smallest absolute Gasteiger partial charge is 0.0663 e. The highest BCUT2D eigenvalue weighted by atomic mass is 127. The molecule has 0 aliphatic rings. The summed E-state index contributed by atoms with van der Waals surface area (Å²) in [6, 6.07) is 6.06. The van der Waals surface area contributed by atoms with Crippen molar-refractivity contribution in [3.05, 3.63) is 31.8 Å². The second kappa shape index (κ2) is 6.18. The average molecular weight is 384 g/mol. The molecule has 0 fully saturated rings. The molecule has 1 aromatic carbocycles. The van der Waals surface area contributed by atoms with Crippen molar-refractivity contribution >= 4 is 38.5 Å².